The van der Waals surface area contributed by atoms with Crippen LogP contribution in [-0.4, -0.2) is 16.7 Å². The number of hydrogen-bond acceptors (Lipinski definition) is 2. The van der Waals surface area contributed by atoms with Gasteiger partial charge in [-0.25, -0.2) is 0 Å². The summed E-state index contributed by atoms with van der Waals surface area (Å²) >= 11 is 5.83. The number of nitrogens with one attached hydrogen (secondary N) is 2. The maximum Gasteiger partial charge on any atom is 0.253 e. The van der Waals surface area contributed by atoms with Crippen molar-refractivity contribution >= 4 is 23.3 Å². The fourth-order valence-electron chi connectivity index (χ4n) is 2.71. The van der Waals surface area contributed by atoms with Gasteiger partial charge in [0.1, 0.15) is 0 Å². The van der Waals surface area contributed by atoms with Gasteiger partial charge in [-0.15, -0.1) is 0 Å². The van der Waals surface area contributed by atoms with Crippen molar-refractivity contribution in [1.29, 1.82) is 0 Å². The first-order valence-corrected chi connectivity index (χ1v) is 7.21. The molecule has 2 aromatic rings. The molecule has 0 saturated carbocycles. The summed E-state index contributed by atoms with van der Waals surface area (Å²) in [6.07, 6.45) is 1.13. The first-order chi connectivity index (χ1) is 10.1. The van der Waals surface area contributed by atoms with Crippen molar-refractivity contribution in [2.75, 3.05) is 0 Å². The first-order valence-electron chi connectivity index (χ1n) is 6.83. The standard InChI is InChI=1S/C16H15ClN2O2/c1-9-14(12-6-7-13(20)15(12)19-9)16(21)18-8-10-2-4-11(17)5-3-10/h2-5,19H,6-8H2,1H3,(H,18,21). The fourth-order valence-corrected chi connectivity index (χ4v) is 2.83. The normalized spacial score (nSPS) is 13.3. The number of Topliss-reactive ketones (excluding diaryl/α,β-unsaturated/α-hetero) is 1. The van der Waals surface area contributed by atoms with Gasteiger partial charge in [-0.05, 0) is 36.6 Å². The second-order valence-electron chi connectivity index (χ2n) is 5.21. The number of aromatic amines is 1. The third-order valence-electron chi connectivity index (χ3n) is 3.77. The van der Waals surface area contributed by atoms with Crippen molar-refractivity contribution in [2.45, 2.75) is 26.3 Å². The Kier molecular flexibility index (Phi) is 3.55. The lowest BCUT2D eigenvalue weighted by Gasteiger charge is -2.07. The lowest BCUT2D eigenvalue weighted by molar-refractivity contribution is 0.0947. The summed E-state index contributed by atoms with van der Waals surface area (Å²) in [5, 5.41) is 3.56. The highest BCUT2D eigenvalue weighted by atomic mass is 35.5. The minimum absolute atomic E-state index is 0.0878. The van der Waals surface area contributed by atoms with Crippen molar-refractivity contribution in [1.82, 2.24) is 10.3 Å². The maximum absolute atomic E-state index is 12.4. The van der Waals surface area contributed by atoms with Crippen molar-refractivity contribution in [3.8, 4) is 0 Å². The molecule has 0 atom stereocenters. The van der Waals surface area contributed by atoms with Crippen LogP contribution in [0.1, 0.15) is 44.1 Å². The summed E-state index contributed by atoms with van der Waals surface area (Å²) in [6, 6.07) is 7.34. The number of halogens is 1. The summed E-state index contributed by atoms with van der Waals surface area (Å²) in [5.41, 5.74) is 3.80. The number of aryl methyl sites for hydroxylation is 1. The molecule has 0 aliphatic heterocycles. The minimum Gasteiger partial charge on any atom is -0.355 e. The molecule has 1 aromatic carbocycles. The summed E-state index contributed by atoms with van der Waals surface area (Å²) < 4.78 is 0. The van der Waals surface area contributed by atoms with E-state index in [1.54, 1.807) is 12.1 Å². The van der Waals surface area contributed by atoms with E-state index in [-0.39, 0.29) is 11.7 Å². The average molecular weight is 303 g/mol. The number of ketones is 1. The molecule has 0 spiro atoms. The number of hydrogen-bond donors (Lipinski definition) is 2. The van der Waals surface area contributed by atoms with Crippen LogP contribution in [0.15, 0.2) is 24.3 Å². The van der Waals surface area contributed by atoms with Crippen LogP contribution in [0.3, 0.4) is 0 Å². The van der Waals surface area contributed by atoms with E-state index in [9.17, 15) is 9.59 Å². The lowest BCUT2D eigenvalue weighted by Crippen LogP contribution is -2.24. The van der Waals surface area contributed by atoms with Gasteiger partial charge >= 0.3 is 0 Å². The quantitative estimate of drug-likeness (QED) is 0.915. The number of carbonyl (C=O) groups is 2. The van der Waals surface area contributed by atoms with Crippen LogP contribution in [0.2, 0.25) is 5.02 Å². The molecule has 1 heterocycles. The zero-order valence-corrected chi connectivity index (χ0v) is 12.4. The second-order valence-corrected chi connectivity index (χ2v) is 5.65. The Balaban J connectivity index is 1.76. The van der Waals surface area contributed by atoms with Crippen molar-refractivity contribution in [3.63, 3.8) is 0 Å². The molecule has 3 rings (SSSR count). The smallest absolute Gasteiger partial charge is 0.253 e. The average Bonchev–Trinajstić information content (AvgIpc) is 2.97. The molecule has 1 aromatic heterocycles. The van der Waals surface area contributed by atoms with Gasteiger partial charge in [0.15, 0.2) is 5.78 Å². The Labute approximate surface area is 127 Å². The van der Waals surface area contributed by atoms with Gasteiger partial charge in [0.25, 0.3) is 5.91 Å². The van der Waals surface area contributed by atoms with E-state index in [2.05, 4.69) is 10.3 Å². The van der Waals surface area contributed by atoms with Crippen LogP contribution in [-0.2, 0) is 13.0 Å². The highest BCUT2D eigenvalue weighted by molar-refractivity contribution is 6.30. The van der Waals surface area contributed by atoms with E-state index >= 15 is 0 Å². The van der Waals surface area contributed by atoms with Gasteiger partial charge in [0.2, 0.25) is 0 Å². The van der Waals surface area contributed by atoms with Gasteiger partial charge in [-0.3, -0.25) is 9.59 Å². The number of benzene rings is 1. The van der Waals surface area contributed by atoms with E-state index in [1.807, 2.05) is 19.1 Å². The third-order valence-corrected chi connectivity index (χ3v) is 4.02. The minimum atomic E-state index is -0.144. The van der Waals surface area contributed by atoms with Gasteiger partial charge in [0, 0.05) is 23.7 Å². The Morgan fingerprint density at radius 2 is 2.00 bits per heavy atom. The highest BCUT2D eigenvalue weighted by Gasteiger charge is 2.29. The highest BCUT2D eigenvalue weighted by Crippen LogP contribution is 2.27. The molecule has 1 aliphatic carbocycles. The number of amides is 1. The zero-order chi connectivity index (χ0) is 15.0. The van der Waals surface area contributed by atoms with Crippen molar-refractivity contribution in [3.05, 3.63) is 57.4 Å². The number of rotatable bonds is 3. The molecule has 2 N–H and O–H groups in total. The molecule has 4 nitrogen and oxygen atoms in total. The van der Waals surface area contributed by atoms with Gasteiger partial charge in [-0.2, -0.15) is 0 Å². The molecule has 1 aliphatic rings. The topological polar surface area (TPSA) is 62.0 Å². The molecule has 21 heavy (non-hydrogen) atoms. The van der Waals surface area contributed by atoms with Crippen LogP contribution in [0.5, 0.6) is 0 Å². The molecule has 0 saturated heterocycles. The van der Waals surface area contributed by atoms with Gasteiger partial charge in [-0.1, -0.05) is 23.7 Å². The van der Waals surface area contributed by atoms with Gasteiger partial charge < -0.3 is 10.3 Å². The van der Waals surface area contributed by atoms with E-state index in [1.165, 1.54) is 0 Å². The molecule has 108 valence electrons. The molecule has 0 bridgehead atoms. The van der Waals surface area contributed by atoms with Crippen molar-refractivity contribution < 1.29 is 9.59 Å². The third kappa shape index (κ3) is 2.59. The predicted molar refractivity (Wildman–Crippen MR) is 80.8 cm³/mol. The molecule has 5 heteroatoms. The van der Waals surface area contributed by atoms with Crippen LogP contribution in [0.4, 0.5) is 0 Å². The van der Waals surface area contributed by atoms with E-state index < -0.39 is 0 Å². The van der Waals surface area contributed by atoms with Crippen LogP contribution < -0.4 is 5.32 Å². The molecule has 1 amide bonds. The monoisotopic (exact) mass is 302 g/mol. The second kappa shape index (κ2) is 5.37. The first kappa shape index (κ1) is 13.9. The summed E-state index contributed by atoms with van der Waals surface area (Å²) in [4.78, 5) is 27.1. The van der Waals surface area contributed by atoms with Crippen LogP contribution >= 0.6 is 11.6 Å². The van der Waals surface area contributed by atoms with Crippen molar-refractivity contribution in [2.24, 2.45) is 0 Å². The molecular formula is C16H15ClN2O2. The molecule has 0 unspecified atom stereocenters. The lowest BCUT2D eigenvalue weighted by atomic mass is 10.1. The SMILES string of the molecule is Cc1[nH]c2c(c1C(=O)NCc1ccc(Cl)cc1)CCC2=O. The number of H-pyrrole nitrogens is 1. The molecular weight excluding hydrogens is 288 g/mol. The Morgan fingerprint density at radius 3 is 2.71 bits per heavy atom. The summed E-state index contributed by atoms with van der Waals surface area (Å²) in [7, 11) is 0. The van der Waals surface area contributed by atoms with E-state index in [0.29, 0.717) is 35.7 Å². The van der Waals surface area contributed by atoms with E-state index in [0.717, 1.165) is 16.8 Å². The number of aromatic nitrogens is 1. The Morgan fingerprint density at radius 1 is 1.29 bits per heavy atom. The van der Waals surface area contributed by atoms with E-state index in [4.69, 9.17) is 11.6 Å². The molecule has 0 fully saturated rings. The zero-order valence-electron chi connectivity index (χ0n) is 11.6. The summed E-state index contributed by atoms with van der Waals surface area (Å²) in [6.45, 7) is 2.26. The predicted octanol–water partition coefficient (Wildman–Crippen LogP) is 3.04. The fraction of sp³-hybridized carbons (Fsp3) is 0.250. The van der Waals surface area contributed by atoms with Crippen LogP contribution in [0, 0.1) is 6.92 Å². The molecule has 0 radical (unpaired) electrons. The largest absolute Gasteiger partial charge is 0.355 e. The maximum atomic E-state index is 12.4. The van der Waals surface area contributed by atoms with Gasteiger partial charge in [0.05, 0.1) is 11.3 Å². The van der Waals surface area contributed by atoms with Crippen LogP contribution in [0.25, 0.3) is 0 Å². The summed E-state index contributed by atoms with van der Waals surface area (Å²) in [5.74, 6) is -0.0560. The Hall–Kier alpha value is -2.07. The number of fused-ring (bicyclic) bond motifs is 1. The Bertz CT molecular complexity index is 717. The number of carbonyl (C=O) groups excluding carboxylic acids is 2.